The number of carbonyl (C=O) groups is 3. The van der Waals surface area contributed by atoms with Crippen molar-refractivity contribution in [1.82, 2.24) is 10.2 Å². The number of hydrogen-bond acceptors (Lipinski definition) is 7. The average molecular weight is 943 g/mol. The van der Waals surface area contributed by atoms with Crippen molar-refractivity contribution in [3.05, 3.63) is 107 Å². The smallest absolute Gasteiger partial charge is 0.407 e. The number of rotatable bonds is 20. The van der Waals surface area contributed by atoms with Crippen LogP contribution in [0.15, 0.2) is 90.5 Å². The number of ether oxygens (including phenoxy) is 4. The summed E-state index contributed by atoms with van der Waals surface area (Å²) < 4.78 is 24.0. The molecule has 9 heteroatoms. The van der Waals surface area contributed by atoms with Crippen LogP contribution < -0.4 is 14.8 Å². The summed E-state index contributed by atoms with van der Waals surface area (Å²) in [6, 6.07) is 25.7. The standard InChI is InChI=1S/C60H82N2O7/c1-41(2)15-14-16-42(3)52-30-31-53-51-29-24-47-37-50(32-34-58(47,4)54(51)33-35-59(52,53)5)69-57(65)61-36-13-9-12-19-56(64)62-38-43(55(63)39-62)40-68-60(44-17-10-8-11-18-44,45-20-25-48(66-6)26-21-45)46-22-27-49(67-7)28-23-46/h8,10-11,17-18,20-28,41-43,50-54H,9,12-16,19,29-40H2,1-7H3,(H,61,65)/t42?,43?,50-,51?,52+,53?,54?,58-,59+/m0/s1. The monoisotopic (exact) mass is 943 g/mol. The highest BCUT2D eigenvalue weighted by atomic mass is 16.6. The number of fused-ring (bicyclic) bond motifs is 5. The predicted octanol–water partition coefficient (Wildman–Crippen LogP) is 12.7. The van der Waals surface area contributed by atoms with E-state index in [-0.39, 0.29) is 42.5 Å². The number of likely N-dealkylation sites (tertiary alicyclic amines) is 1. The van der Waals surface area contributed by atoms with E-state index < -0.39 is 11.5 Å². The molecule has 1 aliphatic heterocycles. The Hall–Kier alpha value is -4.63. The zero-order valence-corrected chi connectivity index (χ0v) is 42.9. The number of unbranched alkanes of at least 4 members (excludes halogenated alkanes) is 2. The van der Waals surface area contributed by atoms with E-state index >= 15 is 0 Å². The molecule has 0 bridgehead atoms. The van der Waals surface area contributed by atoms with Gasteiger partial charge in [-0.1, -0.05) is 127 Å². The van der Waals surface area contributed by atoms with Gasteiger partial charge in [-0.25, -0.2) is 4.79 Å². The normalized spacial score (nSPS) is 28.0. The van der Waals surface area contributed by atoms with E-state index in [9.17, 15) is 14.4 Å². The summed E-state index contributed by atoms with van der Waals surface area (Å²) in [5, 5.41) is 3.00. The molecule has 4 aliphatic carbocycles. The topological polar surface area (TPSA) is 103 Å². The van der Waals surface area contributed by atoms with Gasteiger partial charge in [0.25, 0.3) is 0 Å². The third-order valence-corrected chi connectivity index (χ3v) is 18.1. The summed E-state index contributed by atoms with van der Waals surface area (Å²) in [5.41, 5.74) is 3.89. The molecule has 8 rings (SSSR count). The minimum absolute atomic E-state index is 0.000572. The number of benzene rings is 3. The highest BCUT2D eigenvalue weighted by molar-refractivity contribution is 5.91. The molecule has 3 saturated carbocycles. The van der Waals surface area contributed by atoms with Crippen LogP contribution in [-0.4, -0.2) is 69.2 Å². The number of methoxy groups -OCH3 is 2. The van der Waals surface area contributed by atoms with Gasteiger partial charge in [-0.3, -0.25) is 9.59 Å². The molecule has 1 N–H and O–H groups in total. The quantitative estimate of drug-likeness (QED) is 0.0683. The van der Waals surface area contributed by atoms with Crippen LogP contribution >= 0.6 is 0 Å². The molecular formula is C60H82N2O7. The fraction of sp³-hybridized carbons (Fsp3) is 0.617. The predicted molar refractivity (Wildman–Crippen MR) is 273 cm³/mol. The van der Waals surface area contributed by atoms with Crippen LogP contribution in [0.1, 0.15) is 148 Å². The molecule has 374 valence electrons. The van der Waals surface area contributed by atoms with E-state index in [2.05, 4.69) is 46.0 Å². The van der Waals surface area contributed by atoms with E-state index in [0.717, 1.165) is 95.8 Å². The number of nitrogens with one attached hydrogen (secondary N) is 1. The summed E-state index contributed by atoms with van der Waals surface area (Å²) in [5.74, 6) is 5.84. The number of Topliss-reactive ketones (excluding diaryl/α,β-unsaturated/α-hetero) is 1. The Labute approximate surface area is 413 Å². The Morgan fingerprint density at radius 3 is 2.13 bits per heavy atom. The zero-order valence-electron chi connectivity index (χ0n) is 42.9. The number of nitrogens with zero attached hydrogens (tertiary/aromatic N) is 1. The number of ketones is 1. The molecule has 3 aromatic carbocycles. The lowest BCUT2D eigenvalue weighted by molar-refractivity contribution is -0.131. The Morgan fingerprint density at radius 2 is 1.46 bits per heavy atom. The van der Waals surface area contributed by atoms with Crippen molar-refractivity contribution in [3.63, 3.8) is 0 Å². The third kappa shape index (κ3) is 10.8. The summed E-state index contributed by atoms with van der Waals surface area (Å²) in [7, 11) is 3.28. The minimum Gasteiger partial charge on any atom is -0.497 e. The van der Waals surface area contributed by atoms with Crippen molar-refractivity contribution in [1.29, 1.82) is 0 Å². The molecule has 0 aromatic heterocycles. The maximum absolute atomic E-state index is 13.5. The molecule has 9 atom stereocenters. The van der Waals surface area contributed by atoms with Crippen LogP contribution in [0, 0.1) is 52.3 Å². The van der Waals surface area contributed by atoms with Gasteiger partial charge in [0, 0.05) is 25.9 Å². The Balaban J connectivity index is 0.775. The van der Waals surface area contributed by atoms with Crippen molar-refractivity contribution >= 4 is 17.8 Å². The first-order valence-electron chi connectivity index (χ1n) is 26.7. The fourth-order valence-electron chi connectivity index (χ4n) is 14.3. The molecular weight excluding hydrogens is 861 g/mol. The summed E-state index contributed by atoms with van der Waals surface area (Å²) in [6.45, 7) is 13.5. The molecule has 0 spiro atoms. The molecule has 2 amide bonds. The molecule has 69 heavy (non-hydrogen) atoms. The van der Waals surface area contributed by atoms with Gasteiger partial charge >= 0.3 is 6.09 Å². The summed E-state index contributed by atoms with van der Waals surface area (Å²) in [6.07, 6.45) is 18.5. The molecule has 0 radical (unpaired) electrons. The van der Waals surface area contributed by atoms with Gasteiger partial charge in [0.05, 0.1) is 33.3 Å². The lowest BCUT2D eigenvalue weighted by Gasteiger charge is -2.58. The number of amides is 2. The van der Waals surface area contributed by atoms with Crippen molar-refractivity contribution in [3.8, 4) is 11.5 Å². The second-order valence-corrected chi connectivity index (χ2v) is 22.6. The van der Waals surface area contributed by atoms with Gasteiger partial charge in [0.15, 0.2) is 5.78 Å². The van der Waals surface area contributed by atoms with Crippen LogP contribution in [0.3, 0.4) is 0 Å². The lowest BCUT2D eigenvalue weighted by Crippen LogP contribution is -2.51. The molecule has 5 unspecified atom stereocenters. The molecule has 1 saturated heterocycles. The minimum atomic E-state index is -1.05. The number of hydrogen-bond donors (Lipinski definition) is 1. The number of alkyl carbamates (subject to hydrolysis) is 1. The first-order chi connectivity index (χ1) is 33.3. The summed E-state index contributed by atoms with van der Waals surface area (Å²) >= 11 is 0. The van der Waals surface area contributed by atoms with Gasteiger partial charge in [-0.2, -0.15) is 0 Å². The Kier molecular flexibility index (Phi) is 16.3. The van der Waals surface area contributed by atoms with E-state index in [4.69, 9.17) is 18.9 Å². The van der Waals surface area contributed by atoms with Gasteiger partial charge in [0.2, 0.25) is 5.91 Å². The number of carbonyl (C=O) groups excluding carboxylic acids is 3. The summed E-state index contributed by atoms with van der Waals surface area (Å²) in [4.78, 5) is 41.7. The highest BCUT2D eigenvalue weighted by Crippen LogP contribution is 2.67. The maximum Gasteiger partial charge on any atom is 0.407 e. The van der Waals surface area contributed by atoms with Crippen LogP contribution in [0.4, 0.5) is 4.79 Å². The Bertz CT molecular complexity index is 2180. The molecule has 3 aromatic rings. The van der Waals surface area contributed by atoms with Crippen LogP contribution in [0.25, 0.3) is 0 Å². The van der Waals surface area contributed by atoms with Gasteiger partial charge < -0.3 is 29.2 Å². The maximum atomic E-state index is 13.5. The van der Waals surface area contributed by atoms with Crippen LogP contribution in [0.2, 0.25) is 0 Å². The first-order valence-corrected chi connectivity index (χ1v) is 26.7. The van der Waals surface area contributed by atoms with E-state index in [1.165, 1.54) is 51.4 Å². The molecule has 4 fully saturated rings. The van der Waals surface area contributed by atoms with Crippen molar-refractivity contribution in [2.45, 2.75) is 143 Å². The van der Waals surface area contributed by atoms with E-state index in [1.807, 2.05) is 78.9 Å². The largest absolute Gasteiger partial charge is 0.497 e. The van der Waals surface area contributed by atoms with Crippen LogP contribution in [-0.2, 0) is 24.7 Å². The highest BCUT2D eigenvalue weighted by Gasteiger charge is 2.59. The van der Waals surface area contributed by atoms with Crippen molar-refractivity contribution < 1.29 is 33.3 Å². The van der Waals surface area contributed by atoms with Gasteiger partial charge in [-0.05, 0) is 145 Å². The zero-order chi connectivity index (χ0) is 48.8. The van der Waals surface area contributed by atoms with Crippen molar-refractivity contribution in [2.75, 3.05) is 40.5 Å². The molecule has 9 nitrogen and oxygen atoms in total. The van der Waals surface area contributed by atoms with Gasteiger partial charge in [-0.15, -0.1) is 0 Å². The second kappa shape index (κ2) is 22.2. The third-order valence-electron chi connectivity index (χ3n) is 18.1. The number of allylic oxidation sites excluding steroid dienone is 1. The fourth-order valence-corrected chi connectivity index (χ4v) is 14.3. The molecule has 5 aliphatic rings. The van der Waals surface area contributed by atoms with Crippen LogP contribution in [0.5, 0.6) is 11.5 Å². The molecule has 1 heterocycles. The van der Waals surface area contributed by atoms with Gasteiger partial charge in [0.1, 0.15) is 23.2 Å². The Morgan fingerprint density at radius 1 is 0.783 bits per heavy atom. The van der Waals surface area contributed by atoms with E-state index in [0.29, 0.717) is 31.3 Å². The lowest BCUT2D eigenvalue weighted by atomic mass is 9.47. The average Bonchev–Trinajstić information content (AvgIpc) is 3.92. The van der Waals surface area contributed by atoms with E-state index in [1.54, 1.807) is 24.7 Å². The van der Waals surface area contributed by atoms with Crippen molar-refractivity contribution in [2.24, 2.45) is 52.3 Å². The second-order valence-electron chi connectivity index (χ2n) is 22.6. The first kappa shape index (κ1) is 50.7. The SMILES string of the molecule is COc1ccc(C(OCC2CN(C(=O)CCCCCNC(=O)O[C@H]3CC[C@@]4(C)C(=CCC5C4CC[C@@]4(C)C5CC[C@@H]4C(C)CCCC(C)C)C3)CC2=O)(c2ccccc2)c2ccc(OC)cc2)cc1.